The summed E-state index contributed by atoms with van der Waals surface area (Å²) in [5.74, 6) is -2.17. The second-order valence-electron chi connectivity index (χ2n) is 23.3. The van der Waals surface area contributed by atoms with E-state index in [2.05, 4.69) is 119 Å². The lowest BCUT2D eigenvalue weighted by atomic mass is 10.1. The molecule has 3 N–H and O–H groups in total. The van der Waals surface area contributed by atoms with Gasteiger partial charge in [0, 0.05) is 21.9 Å². The molecule has 14 aromatic rings. The van der Waals surface area contributed by atoms with Crippen molar-refractivity contribution in [1.29, 1.82) is 0 Å². The van der Waals surface area contributed by atoms with Crippen LogP contribution < -0.4 is 18.9 Å². The highest BCUT2D eigenvalue weighted by molar-refractivity contribution is 14.1. The summed E-state index contributed by atoms with van der Waals surface area (Å²) in [5, 5.41) is 27.4. The zero-order chi connectivity index (χ0) is 76.6. The van der Waals surface area contributed by atoms with Crippen molar-refractivity contribution in [2.24, 2.45) is 0 Å². The van der Waals surface area contributed by atoms with E-state index in [1.165, 1.54) is 65.2 Å². The molecule has 18 rings (SSSR count). The van der Waals surface area contributed by atoms with Crippen LogP contribution in [0.3, 0.4) is 0 Å². The minimum Gasteiger partial charge on any atom is -0.481 e. The molecule has 0 aliphatic carbocycles. The molecule has 0 saturated carbocycles. The second-order valence-corrected chi connectivity index (χ2v) is 34.1. The van der Waals surface area contributed by atoms with E-state index in [0.29, 0.717) is 10.7 Å². The van der Waals surface area contributed by atoms with Crippen molar-refractivity contribution in [2.75, 3.05) is 47.8 Å². The molecule has 0 spiro atoms. The van der Waals surface area contributed by atoms with Gasteiger partial charge in [0.25, 0.3) is 20.1 Å². The Morgan fingerprint density at radius 3 is 1.12 bits per heavy atom. The summed E-state index contributed by atoms with van der Waals surface area (Å²) in [6.45, 7) is 11.4. The molecule has 588 valence electrons. The highest BCUT2D eigenvalue weighted by Crippen LogP contribution is 2.52. The largest absolute Gasteiger partial charge is 0.481 e. The molecule has 4 aliphatic rings. The Hall–Kier alpha value is -8.60. The Bertz CT molecular complexity index is 5290. The van der Waals surface area contributed by atoms with Crippen molar-refractivity contribution >= 4 is 232 Å². The molecule has 0 fully saturated rings. The topological polar surface area (TPSA) is 247 Å². The van der Waals surface area contributed by atoms with Gasteiger partial charge in [0.15, 0.2) is 13.1 Å². The number of benzene rings is 8. The van der Waals surface area contributed by atoms with Crippen molar-refractivity contribution in [1.82, 2.24) is 19.9 Å². The normalized spacial score (nSPS) is 12.4. The monoisotopic (exact) mass is 1790 g/mol. The van der Waals surface area contributed by atoms with Gasteiger partial charge in [0.05, 0.1) is 143 Å². The van der Waals surface area contributed by atoms with Crippen LogP contribution in [0.25, 0.3) is 72.4 Å². The fourth-order valence-electron chi connectivity index (χ4n) is 11.9. The Kier molecular flexibility index (Phi) is 34.4. The van der Waals surface area contributed by atoms with Crippen LogP contribution >= 0.6 is 114 Å². The lowest BCUT2D eigenvalue weighted by molar-refractivity contribution is -0.666. The minimum atomic E-state index is -3.67. The smallest absolute Gasteiger partial charge is 0.315 e. The van der Waals surface area contributed by atoms with Gasteiger partial charge < -0.3 is 29.5 Å². The number of ether oxygens (including phenoxy) is 2. The Morgan fingerprint density at radius 2 is 0.795 bits per heavy atom. The van der Waals surface area contributed by atoms with Crippen molar-refractivity contribution in [3.05, 3.63) is 234 Å². The number of hydrogen-bond donors (Lipinski definition) is 3. The predicted octanol–water partition coefficient (Wildman–Crippen LogP) is 21.7. The van der Waals surface area contributed by atoms with Crippen molar-refractivity contribution < 1.29 is 61.0 Å². The van der Waals surface area contributed by atoms with E-state index in [0.717, 1.165) is 115 Å². The first-order chi connectivity index (χ1) is 52.4. The number of carboxylic acids is 2. The fraction of sp³-hybridized carbons (Fsp3) is 0.253. The number of anilines is 2. The number of carbonyl (C=O) groups excluding carboxylic acids is 2. The number of carboxylic acid groups (broad SMARTS) is 2. The maximum Gasteiger partial charge on any atom is 0.315 e. The molecule has 6 aromatic heterocycles. The van der Waals surface area contributed by atoms with Crippen LogP contribution in [0.5, 0.6) is 0 Å². The number of esters is 2. The molecular weight excluding hydrogens is 1700 g/mol. The van der Waals surface area contributed by atoms with Gasteiger partial charge >= 0.3 is 23.9 Å². The summed E-state index contributed by atoms with van der Waals surface area (Å²) in [5.41, 5.74) is 10.7. The average molecular weight is 1790 g/mol. The number of hydrogen-bond acceptors (Lipinski definition) is 22. The summed E-state index contributed by atoms with van der Waals surface area (Å²) >= 11 is 15.4. The fourth-order valence-corrected chi connectivity index (χ4v) is 21.5. The summed E-state index contributed by atoms with van der Waals surface area (Å²) in [6, 6.07) is 65.8. The van der Waals surface area contributed by atoms with E-state index in [1.54, 1.807) is 91.5 Å². The molecular formula is C83H91IN8O11S9+2. The first-order valence-electron chi connectivity index (χ1n) is 34.2. The third kappa shape index (κ3) is 22.0. The number of para-hydroxylation sites is 8. The molecule has 0 amide bonds. The predicted molar refractivity (Wildman–Crippen MR) is 479 cm³/mol. The number of nitrogens with zero attached hydrogens (tertiary/aromatic N) is 8. The molecule has 4 aliphatic heterocycles. The van der Waals surface area contributed by atoms with Gasteiger partial charge in [0.2, 0.25) is 11.0 Å². The van der Waals surface area contributed by atoms with E-state index in [9.17, 15) is 37.8 Å². The van der Waals surface area contributed by atoms with E-state index >= 15 is 0 Å². The number of carbonyl (C=O) groups is 4. The average Bonchev–Trinajstić information content (AvgIpc) is 1.60. The molecule has 0 bridgehead atoms. The van der Waals surface area contributed by atoms with Crippen LogP contribution in [-0.2, 0) is 58.3 Å². The van der Waals surface area contributed by atoms with Gasteiger partial charge in [-0.25, -0.2) is 19.9 Å². The zero-order valence-electron chi connectivity index (χ0n) is 59.7. The molecule has 10 heterocycles. The number of thiazole rings is 6. The summed E-state index contributed by atoms with van der Waals surface area (Å²) in [4.78, 5) is 70.8. The first-order valence-corrected chi connectivity index (χ1v) is 44.1. The lowest BCUT2D eigenvalue weighted by Crippen LogP contribution is -2.39. The van der Waals surface area contributed by atoms with E-state index in [4.69, 9.17) is 19.3 Å². The van der Waals surface area contributed by atoms with E-state index in [1.807, 2.05) is 159 Å². The highest BCUT2D eigenvalue weighted by Gasteiger charge is 2.40. The highest BCUT2D eigenvalue weighted by atomic mass is 127. The third-order valence-electron chi connectivity index (χ3n) is 16.3. The van der Waals surface area contributed by atoms with Crippen molar-refractivity contribution in [3.8, 4) is 0 Å². The van der Waals surface area contributed by atoms with Crippen LogP contribution in [0.4, 0.5) is 11.4 Å². The number of thioether (sulfide) groups is 2. The number of aliphatic carboxylic acids is 2. The maximum atomic E-state index is 11.9. The Morgan fingerprint density at radius 1 is 0.473 bits per heavy atom. The number of halogens is 1. The third-order valence-corrected chi connectivity index (χ3v) is 26.2. The second kappa shape index (κ2) is 42.5. The number of rotatable bonds is 11. The summed E-state index contributed by atoms with van der Waals surface area (Å²) in [6.07, 6.45) is 1.88. The van der Waals surface area contributed by atoms with Crippen LogP contribution in [0.15, 0.2) is 214 Å². The molecule has 19 nitrogen and oxygen atoms in total. The van der Waals surface area contributed by atoms with E-state index in [-0.39, 0.29) is 66.8 Å². The summed E-state index contributed by atoms with van der Waals surface area (Å²) in [7, 11) is -0.878. The molecule has 0 unspecified atom stereocenters. The van der Waals surface area contributed by atoms with Crippen molar-refractivity contribution in [3.63, 3.8) is 0 Å². The Balaban J connectivity index is 0.000000194. The minimum absolute atomic E-state index is 0. The van der Waals surface area contributed by atoms with Gasteiger partial charge in [-0.15, -0.1) is 45.3 Å². The molecule has 112 heavy (non-hydrogen) atoms. The van der Waals surface area contributed by atoms with Gasteiger partial charge in [-0.3, -0.25) is 23.7 Å². The molecule has 29 heteroatoms. The Labute approximate surface area is 700 Å². The number of alkyl halides is 1. The summed E-state index contributed by atoms with van der Waals surface area (Å²) < 4.78 is 47.1. The van der Waals surface area contributed by atoms with Crippen LogP contribution in [0, 0.1) is 0 Å². The van der Waals surface area contributed by atoms with Crippen LogP contribution in [0.1, 0.15) is 113 Å². The van der Waals surface area contributed by atoms with Crippen LogP contribution in [-0.4, -0.2) is 105 Å². The van der Waals surface area contributed by atoms with Gasteiger partial charge in [-0.05, 0) is 84.9 Å². The lowest BCUT2D eigenvalue weighted by Gasteiger charge is -2.17. The number of aromatic nitrogens is 6. The van der Waals surface area contributed by atoms with Gasteiger partial charge in [0.1, 0.15) is 29.4 Å². The van der Waals surface area contributed by atoms with Crippen LogP contribution in [0.2, 0.25) is 0 Å². The van der Waals surface area contributed by atoms with Gasteiger partial charge in [-0.1, -0.05) is 223 Å². The van der Waals surface area contributed by atoms with Gasteiger partial charge in [-0.2, -0.15) is 17.6 Å². The van der Waals surface area contributed by atoms with Crippen molar-refractivity contribution in [2.45, 2.75) is 112 Å². The molecule has 8 aromatic carbocycles. The SMILES string of the molecule is C.C.C.C.CC.CC.COC(=O)CC(c1nc2ccccc2s1)c1nc2ccccc2s1.COC(=O)CI.CS(=O)(=O)O.O=C(O)CC1=C2Sc3ccccc3N2CC[n+]2c1sc1ccccc12.O=C(O)CC1=C2Sc3ccccc3N2CC[n+]2c1sc1ccccc12.c1ccc2sc(Cc3nc4ccccc4s3)nc2c1. The quantitative estimate of drug-likeness (QED) is 0.0358. The zero-order valence-corrected chi connectivity index (χ0v) is 69.2. The molecule has 0 atom stereocenters. The molecule has 0 radical (unpaired) electrons. The first kappa shape index (κ1) is 90.6. The number of methoxy groups -OCH3 is 2. The number of fused-ring (bicyclic) bond motifs is 16. The molecule has 0 saturated heterocycles. The standard InChI is InChI=1S/2C19H14N2O2S2.C18H14N2O2S2.C15H10N2S2.C3H5IO2.2C2H6.CH4O3S.4CH4/c2*22-17(23)11-12-18-20(13-5-1-3-7-15(13)24-18)9-10-21-14-6-2-4-8-16(14)25-19(12)21;1-22-16(21)10-11(17-19-12-6-2-4-8-14(12)23-17)18-20-13-7-3-5-9-15(13)24-18;1-3-7-12-10(5-1)16-14(18-12)9-15-17-11-6-2-4-8-13(11)19-15;1-6-3(5)2-4;2*1-2;1-5(2,3)4;;;;/h2*1-8H,9-11H2;2-9,11H,10H2,1H3;1-8H,9H2;2H2,1H3;2*1-2H3;1H3,(H,2,3,4);4*1H4/p+2. The van der Waals surface area contributed by atoms with E-state index < -0.39 is 22.1 Å². The maximum absolute atomic E-state index is 11.9.